The Kier molecular flexibility index (Phi) is 6.54. The van der Waals surface area contributed by atoms with Gasteiger partial charge in [-0.05, 0) is 54.1 Å². The molecule has 30 heavy (non-hydrogen) atoms. The molecule has 3 aromatic rings. The Balaban J connectivity index is 1.68. The molecule has 7 nitrogen and oxygen atoms in total. The van der Waals surface area contributed by atoms with Crippen LogP contribution in [0.1, 0.15) is 31.8 Å². The quantitative estimate of drug-likeness (QED) is 0.489. The lowest BCUT2D eigenvalue weighted by atomic mass is 10.1. The first-order valence-corrected chi connectivity index (χ1v) is 8.98. The molecule has 0 fully saturated rings. The molecule has 0 heterocycles. The van der Waals surface area contributed by atoms with E-state index in [1.807, 2.05) is 6.07 Å². The third kappa shape index (κ3) is 5.09. The predicted molar refractivity (Wildman–Crippen MR) is 114 cm³/mol. The van der Waals surface area contributed by atoms with Crippen LogP contribution in [-0.2, 0) is 0 Å². The number of ether oxygens (including phenoxy) is 1. The fourth-order valence-corrected chi connectivity index (χ4v) is 2.60. The minimum atomic E-state index is -0.467. The van der Waals surface area contributed by atoms with Crippen molar-refractivity contribution in [2.75, 3.05) is 12.4 Å². The van der Waals surface area contributed by atoms with Crippen molar-refractivity contribution in [2.24, 2.45) is 5.10 Å². The average molecular weight is 398 g/mol. The molecule has 7 heteroatoms. The Morgan fingerprint density at radius 2 is 1.67 bits per heavy atom. The first kappa shape index (κ1) is 20.3. The molecule has 0 unspecified atom stereocenters. The first-order chi connectivity index (χ1) is 14.6. The van der Waals surface area contributed by atoms with E-state index >= 15 is 0 Å². The second-order valence-electron chi connectivity index (χ2n) is 6.16. The van der Waals surface area contributed by atoms with Crippen molar-refractivity contribution >= 4 is 23.7 Å². The smallest absolute Gasteiger partial charge is 0.273 e. The molecule has 0 aliphatic carbocycles. The minimum absolute atomic E-state index is 0.274. The minimum Gasteiger partial charge on any atom is -0.497 e. The van der Waals surface area contributed by atoms with Crippen molar-refractivity contribution in [3.63, 3.8) is 0 Å². The van der Waals surface area contributed by atoms with E-state index in [-0.39, 0.29) is 11.5 Å². The maximum absolute atomic E-state index is 12.5. The number of anilines is 1. The number of benzene rings is 3. The van der Waals surface area contributed by atoms with Gasteiger partial charge < -0.3 is 10.1 Å². The average Bonchev–Trinajstić information content (AvgIpc) is 2.79. The highest BCUT2D eigenvalue weighted by Gasteiger charge is 2.13. The van der Waals surface area contributed by atoms with Gasteiger partial charge in [-0.15, -0.1) is 0 Å². The van der Waals surface area contributed by atoms with Gasteiger partial charge in [0.1, 0.15) is 5.75 Å². The SMILES string of the molecule is COc1ccc(C(=O)Nc2ccccc2C(=O)NN=Cc2ccc(C#N)cc2)cc1. The number of rotatable bonds is 6. The van der Waals surface area contributed by atoms with Crippen LogP contribution in [0.25, 0.3) is 0 Å². The first-order valence-electron chi connectivity index (χ1n) is 8.98. The highest BCUT2D eigenvalue weighted by Crippen LogP contribution is 2.17. The summed E-state index contributed by atoms with van der Waals surface area (Å²) in [5.41, 5.74) is 4.79. The number of hydrazone groups is 1. The van der Waals surface area contributed by atoms with Gasteiger partial charge in [0.2, 0.25) is 0 Å². The van der Waals surface area contributed by atoms with Crippen LogP contribution in [0.3, 0.4) is 0 Å². The lowest BCUT2D eigenvalue weighted by Crippen LogP contribution is -2.21. The van der Waals surface area contributed by atoms with Gasteiger partial charge >= 0.3 is 0 Å². The summed E-state index contributed by atoms with van der Waals surface area (Å²) in [6.07, 6.45) is 1.47. The number of nitriles is 1. The highest BCUT2D eigenvalue weighted by atomic mass is 16.5. The molecule has 3 aromatic carbocycles. The third-order valence-electron chi connectivity index (χ3n) is 4.19. The van der Waals surface area contributed by atoms with E-state index in [1.54, 1.807) is 79.9 Å². The van der Waals surface area contributed by atoms with Gasteiger partial charge in [0.15, 0.2) is 0 Å². The summed E-state index contributed by atoms with van der Waals surface area (Å²) in [4.78, 5) is 25.0. The van der Waals surface area contributed by atoms with Crippen molar-refractivity contribution < 1.29 is 14.3 Å². The normalized spacial score (nSPS) is 10.3. The third-order valence-corrected chi connectivity index (χ3v) is 4.19. The summed E-state index contributed by atoms with van der Waals surface area (Å²) in [5, 5.41) is 15.5. The van der Waals surface area contributed by atoms with Crippen LogP contribution in [0, 0.1) is 11.3 Å². The number of amides is 2. The number of hydrogen-bond donors (Lipinski definition) is 2. The van der Waals surface area contributed by atoms with E-state index < -0.39 is 5.91 Å². The van der Waals surface area contributed by atoms with Crippen LogP contribution >= 0.6 is 0 Å². The molecule has 3 rings (SSSR count). The highest BCUT2D eigenvalue weighted by molar-refractivity contribution is 6.09. The van der Waals surface area contributed by atoms with E-state index in [0.717, 1.165) is 5.56 Å². The predicted octanol–water partition coefficient (Wildman–Crippen LogP) is 3.58. The van der Waals surface area contributed by atoms with Gasteiger partial charge in [-0.3, -0.25) is 9.59 Å². The number of nitrogens with one attached hydrogen (secondary N) is 2. The lowest BCUT2D eigenvalue weighted by molar-refractivity contribution is 0.0956. The number of hydrogen-bond acceptors (Lipinski definition) is 5. The molecule has 148 valence electrons. The Morgan fingerprint density at radius 1 is 0.967 bits per heavy atom. The summed E-state index contributed by atoms with van der Waals surface area (Å²) in [5.74, 6) is -0.170. The van der Waals surface area contributed by atoms with Gasteiger partial charge in [0.25, 0.3) is 11.8 Å². The largest absolute Gasteiger partial charge is 0.497 e. The maximum Gasteiger partial charge on any atom is 0.273 e. The zero-order chi connectivity index (χ0) is 21.3. The molecule has 0 aliphatic heterocycles. The molecule has 0 spiro atoms. The second-order valence-corrected chi connectivity index (χ2v) is 6.16. The number of carbonyl (C=O) groups is 2. The Labute approximate surface area is 173 Å². The van der Waals surface area contributed by atoms with Crippen molar-refractivity contribution in [3.05, 3.63) is 95.1 Å². The molecule has 0 aromatic heterocycles. The number of nitrogens with zero attached hydrogens (tertiary/aromatic N) is 2. The molecule has 2 amide bonds. The van der Waals surface area contributed by atoms with Crippen LogP contribution in [0.2, 0.25) is 0 Å². The van der Waals surface area contributed by atoms with E-state index in [1.165, 1.54) is 6.21 Å². The van der Waals surface area contributed by atoms with E-state index in [4.69, 9.17) is 10.00 Å². The zero-order valence-corrected chi connectivity index (χ0v) is 16.1. The summed E-state index contributed by atoms with van der Waals surface area (Å²) < 4.78 is 5.09. The molecule has 0 atom stereocenters. The van der Waals surface area contributed by atoms with Crippen LogP contribution in [0.15, 0.2) is 77.9 Å². The van der Waals surface area contributed by atoms with Crippen molar-refractivity contribution in [1.29, 1.82) is 5.26 Å². The maximum atomic E-state index is 12.5. The van der Waals surface area contributed by atoms with Crippen LogP contribution in [-0.4, -0.2) is 25.1 Å². The molecule has 0 saturated heterocycles. The van der Waals surface area contributed by atoms with Gasteiger partial charge in [0.05, 0.1) is 36.2 Å². The van der Waals surface area contributed by atoms with Gasteiger partial charge in [0, 0.05) is 5.56 Å². The fraction of sp³-hybridized carbons (Fsp3) is 0.0435. The van der Waals surface area contributed by atoms with Crippen molar-refractivity contribution in [1.82, 2.24) is 5.43 Å². The number of carbonyl (C=O) groups excluding carboxylic acids is 2. The monoisotopic (exact) mass is 398 g/mol. The zero-order valence-electron chi connectivity index (χ0n) is 16.1. The van der Waals surface area contributed by atoms with Gasteiger partial charge in [-0.25, -0.2) is 5.43 Å². The topological polar surface area (TPSA) is 104 Å². The summed E-state index contributed by atoms with van der Waals surface area (Å²) in [7, 11) is 1.55. The summed E-state index contributed by atoms with van der Waals surface area (Å²) in [6.45, 7) is 0. The molecular formula is C23H18N4O3. The number of para-hydroxylation sites is 1. The van der Waals surface area contributed by atoms with Crippen LogP contribution in [0.5, 0.6) is 5.75 Å². The molecule has 0 radical (unpaired) electrons. The second kappa shape index (κ2) is 9.66. The Hall–Kier alpha value is -4.44. The summed E-state index contributed by atoms with van der Waals surface area (Å²) in [6, 6.07) is 22.1. The van der Waals surface area contributed by atoms with Crippen molar-refractivity contribution in [2.45, 2.75) is 0 Å². The Morgan fingerprint density at radius 3 is 2.33 bits per heavy atom. The van der Waals surface area contributed by atoms with E-state index in [0.29, 0.717) is 22.6 Å². The van der Waals surface area contributed by atoms with Crippen molar-refractivity contribution in [3.8, 4) is 11.8 Å². The van der Waals surface area contributed by atoms with E-state index in [2.05, 4.69) is 15.8 Å². The molecule has 0 aliphatic rings. The van der Waals surface area contributed by atoms with Crippen LogP contribution < -0.4 is 15.5 Å². The molecule has 0 saturated carbocycles. The van der Waals surface area contributed by atoms with Gasteiger partial charge in [-0.2, -0.15) is 10.4 Å². The number of methoxy groups -OCH3 is 1. The molecule has 2 N–H and O–H groups in total. The molecular weight excluding hydrogens is 380 g/mol. The van der Waals surface area contributed by atoms with E-state index in [9.17, 15) is 9.59 Å². The standard InChI is InChI=1S/C23H18N4O3/c1-30-19-12-10-18(11-13-19)22(28)26-21-5-3-2-4-20(21)23(29)27-25-15-17-8-6-16(14-24)7-9-17/h2-13,15H,1H3,(H,26,28)(H,27,29). The fourth-order valence-electron chi connectivity index (χ4n) is 2.60. The van der Waals surface area contributed by atoms with Gasteiger partial charge in [-0.1, -0.05) is 24.3 Å². The summed E-state index contributed by atoms with van der Waals surface area (Å²) >= 11 is 0. The molecule has 0 bridgehead atoms. The Bertz CT molecular complexity index is 1110. The van der Waals surface area contributed by atoms with Crippen LogP contribution in [0.4, 0.5) is 5.69 Å². The lowest BCUT2D eigenvalue weighted by Gasteiger charge is -2.10.